The standard InChI is InChI=1S/C8H18INO/c1-7(9)4-5-10(3)6-8(2)11/h7-8,11H,4-6H2,1-3H3/t7-,8+/m1/s1. The molecule has 0 aromatic heterocycles. The van der Waals surface area contributed by atoms with Crippen molar-refractivity contribution in [2.24, 2.45) is 0 Å². The molecule has 0 heterocycles. The Hall–Kier alpha value is 0.650. The van der Waals surface area contributed by atoms with Crippen LogP contribution in [0.3, 0.4) is 0 Å². The average Bonchev–Trinajstić information content (AvgIpc) is 1.82. The molecule has 3 heteroatoms. The SMILES string of the molecule is C[C@H](O)CN(C)CC[C@@H](C)I. The molecule has 0 bridgehead atoms. The summed E-state index contributed by atoms with van der Waals surface area (Å²) in [5.74, 6) is 0. The smallest absolute Gasteiger partial charge is 0.0638 e. The van der Waals surface area contributed by atoms with Crippen LogP contribution in [-0.4, -0.2) is 40.2 Å². The highest BCUT2D eigenvalue weighted by Crippen LogP contribution is 2.04. The van der Waals surface area contributed by atoms with Gasteiger partial charge in [0, 0.05) is 10.5 Å². The van der Waals surface area contributed by atoms with Gasteiger partial charge in [0.2, 0.25) is 0 Å². The first-order valence-electron chi connectivity index (χ1n) is 4.03. The zero-order chi connectivity index (χ0) is 8.85. The maximum Gasteiger partial charge on any atom is 0.0638 e. The van der Waals surface area contributed by atoms with Gasteiger partial charge in [0.25, 0.3) is 0 Å². The highest BCUT2D eigenvalue weighted by molar-refractivity contribution is 14.1. The molecule has 0 aliphatic heterocycles. The van der Waals surface area contributed by atoms with Gasteiger partial charge in [-0.3, -0.25) is 0 Å². The zero-order valence-electron chi connectivity index (χ0n) is 7.55. The molecule has 0 aromatic carbocycles. The molecule has 2 atom stereocenters. The normalized spacial score (nSPS) is 16.9. The molecular formula is C8H18INO. The molecular weight excluding hydrogens is 253 g/mol. The lowest BCUT2D eigenvalue weighted by Gasteiger charge is -2.18. The molecule has 0 saturated heterocycles. The van der Waals surface area contributed by atoms with Crippen molar-refractivity contribution in [3.63, 3.8) is 0 Å². The second kappa shape index (κ2) is 6.20. The largest absolute Gasteiger partial charge is 0.392 e. The van der Waals surface area contributed by atoms with E-state index in [2.05, 4.69) is 34.4 Å². The Kier molecular flexibility index (Phi) is 6.56. The van der Waals surface area contributed by atoms with Crippen molar-refractivity contribution in [2.45, 2.75) is 30.3 Å². The van der Waals surface area contributed by atoms with E-state index in [1.165, 1.54) is 6.42 Å². The van der Waals surface area contributed by atoms with Gasteiger partial charge in [-0.2, -0.15) is 0 Å². The minimum Gasteiger partial charge on any atom is -0.392 e. The summed E-state index contributed by atoms with van der Waals surface area (Å²) in [6.45, 7) is 5.89. The number of aliphatic hydroxyl groups is 1. The van der Waals surface area contributed by atoms with Crippen LogP contribution in [0.4, 0.5) is 0 Å². The molecule has 0 fully saturated rings. The maximum atomic E-state index is 9.04. The van der Waals surface area contributed by atoms with E-state index in [-0.39, 0.29) is 6.10 Å². The lowest BCUT2D eigenvalue weighted by Crippen LogP contribution is -2.28. The Morgan fingerprint density at radius 1 is 1.45 bits per heavy atom. The number of hydrogen-bond donors (Lipinski definition) is 1. The Morgan fingerprint density at radius 2 is 2.00 bits per heavy atom. The summed E-state index contributed by atoms with van der Waals surface area (Å²) >= 11 is 2.42. The first kappa shape index (κ1) is 11.6. The minimum atomic E-state index is -0.204. The summed E-state index contributed by atoms with van der Waals surface area (Å²) in [7, 11) is 2.05. The van der Waals surface area contributed by atoms with E-state index in [0.29, 0.717) is 0 Å². The monoisotopic (exact) mass is 271 g/mol. The molecule has 11 heavy (non-hydrogen) atoms. The molecule has 0 amide bonds. The Labute approximate surface area is 83.1 Å². The van der Waals surface area contributed by atoms with E-state index in [1.54, 1.807) is 0 Å². The predicted octanol–water partition coefficient (Wildman–Crippen LogP) is 1.51. The zero-order valence-corrected chi connectivity index (χ0v) is 9.71. The molecule has 0 aliphatic rings. The lowest BCUT2D eigenvalue weighted by molar-refractivity contribution is 0.141. The van der Waals surface area contributed by atoms with Crippen LogP contribution in [0.15, 0.2) is 0 Å². The van der Waals surface area contributed by atoms with Crippen LogP contribution in [0.2, 0.25) is 0 Å². The molecule has 0 aromatic rings. The van der Waals surface area contributed by atoms with Crippen LogP contribution in [-0.2, 0) is 0 Å². The van der Waals surface area contributed by atoms with Crippen LogP contribution in [0.5, 0.6) is 0 Å². The minimum absolute atomic E-state index is 0.204. The molecule has 0 aliphatic carbocycles. The lowest BCUT2D eigenvalue weighted by atomic mass is 10.3. The summed E-state index contributed by atoms with van der Waals surface area (Å²) in [6, 6.07) is 0. The maximum absolute atomic E-state index is 9.04. The molecule has 68 valence electrons. The van der Waals surface area contributed by atoms with Crippen molar-refractivity contribution in [3.8, 4) is 0 Å². The summed E-state index contributed by atoms with van der Waals surface area (Å²) in [5, 5.41) is 9.04. The van der Waals surface area contributed by atoms with E-state index in [4.69, 9.17) is 5.11 Å². The number of aliphatic hydroxyl groups excluding tert-OH is 1. The molecule has 0 unspecified atom stereocenters. The first-order valence-corrected chi connectivity index (χ1v) is 5.27. The fraction of sp³-hybridized carbons (Fsp3) is 1.00. The van der Waals surface area contributed by atoms with Gasteiger partial charge < -0.3 is 10.0 Å². The second-order valence-electron chi connectivity index (χ2n) is 3.18. The van der Waals surface area contributed by atoms with E-state index in [1.807, 2.05) is 14.0 Å². The molecule has 0 rings (SSSR count). The number of nitrogens with zero attached hydrogens (tertiary/aromatic N) is 1. The van der Waals surface area contributed by atoms with E-state index < -0.39 is 0 Å². The third kappa shape index (κ3) is 8.56. The summed E-state index contributed by atoms with van der Waals surface area (Å²) in [6.07, 6.45) is 0.994. The number of likely N-dealkylation sites (N-methyl/N-ethyl adjacent to an activating group) is 1. The molecule has 2 nitrogen and oxygen atoms in total. The first-order chi connectivity index (χ1) is 5.02. The fourth-order valence-corrected chi connectivity index (χ4v) is 1.22. The highest BCUT2D eigenvalue weighted by atomic mass is 127. The van der Waals surface area contributed by atoms with Gasteiger partial charge in [0.15, 0.2) is 0 Å². The van der Waals surface area contributed by atoms with E-state index in [0.717, 1.165) is 17.0 Å². The van der Waals surface area contributed by atoms with Gasteiger partial charge in [-0.05, 0) is 26.9 Å². The van der Waals surface area contributed by atoms with Crippen molar-refractivity contribution < 1.29 is 5.11 Å². The van der Waals surface area contributed by atoms with Crippen molar-refractivity contribution in [3.05, 3.63) is 0 Å². The predicted molar refractivity (Wildman–Crippen MR) is 57.3 cm³/mol. The van der Waals surface area contributed by atoms with Gasteiger partial charge in [0.05, 0.1) is 6.10 Å². The topological polar surface area (TPSA) is 23.5 Å². The summed E-state index contributed by atoms with van der Waals surface area (Å²) < 4.78 is 0.726. The summed E-state index contributed by atoms with van der Waals surface area (Å²) in [4.78, 5) is 2.17. The summed E-state index contributed by atoms with van der Waals surface area (Å²) in [5.41, 5.74) is 0. The molecule has 0 saturated carbocycles. The van der Waals surface area contributed by atoms with Gasteiger partial charge in [0.1, 0.15) is 0 Å². The third-order valence-corrected chi connectivity index (χ3v) is 2.11. The van der Waals surface area contributed by atoms with Gasteiger partial charge in [-0.25, -0.2) is 0 Å². The Balaban J connectivity index is 3.29. The van der Waals surface area contributed by atoms with Crippen molar-refractivity contribution in [1.29, 1.82) is 0 Å². The van der Waals surface area contributed by atoms with Gasteiger partial charge in [-0.15, -0.1) is 0 Å². The molecule has 1 N–H and O–H groups in total. The van der Waals surface area contributed by atoms with Crippen molar-refractivity contribution >= 4 is 22.6 Å². The number of halogens is 1. The Bertz CT molecular complexity index is 96.1. The van der Waals surface area contributed by atoms with Gasteiger partial charge in [-0.1, -0.05) is 29.5 Å². The number of rotatable bonds is 5. The van der Waals surface area contributed by atoms with Gasteiger partial charge >= 0.3 is 0 Å². The highest BCUT2D eigenvalue weighted by Gasteiger charge is 2.03. The van der Waals surface area contributed by atoms with Crippen LogP contribution in [0.25, 0.3) is 0 Å². The fourth-order valence-electron chi connectivity index (χ4n) is 0.941. The number of hydrogen-bond acceptors (Lipinski definition) is 2. The van der Waals surface area contributed by atoms with Crippen LogP contribution < -0.4 is 0 Å². The van der Waals surface area contributed by atoms with Crippen molar-refractivity contribution in [1.82, 2.24) is 4.90 Å². The Morgan fingerprint density at radius 3 is 2.36 bits per heavy atom. The number of alkyl halides is 1. The van der Waals surface area contributed by atoms with Crippen LogP contribution >= 0.6 is 22.6 Å². The van der Waals surface area contributed by atoms with Crippen LogP contribution in [0.1, 0.15) is 20.3 Å². The third-order valence-electron chi connectivity index (χ3n) is 1.48. The average molecular weight is 271 g/mol. The molecule has 0 radical (unpaired) electrons. The molecule has 0 spiro atoms. The van der Waals surface area contributed by atoms with E-state index in [9.17, 15) is 0 Å². The van der Waals surface area contributed by atoms with E-state index >= 15 is 0 Å². The quantitative estimate of drug-likeness (QED) is 0.605. The van der Waals surface area contributed by atoms with Crippen LogP contribution in [0, 0.1) is 0 Å². The second-order valence-corrected chi connectivity index (χ2v) is 5.31. The van der Waals surface area contributed by atoms with Crippen molar-refractivity contribution in [2.75, 3.05) is 20.1 Å².